The van der Waals surface area contributed by atoms with Crippen molar-refractivity contribution in [1.82, 2.24) is 4.90 Å². The maximum atomic E-state index is 12.4. The predicted octanol–water partition coefficient (Wildman–Crippen LogP) is 3.31. The molecule has 7 nitrogen and oxygen atoms in total. The van der Waals surface area contributed by atoms with E-state index in [-0.39, 0.29) is 35.5 Å². The number of carbonyl (C=O) groups is 2. The molecule has 24 heavy (non-hydrogen) atoms. The van der Waals surface area contributed by atoms with Crippen molar-refractivity contribution in [2.45, 2.75) is 12.8 Å². The summed E-state index contributed by atoms with van der Waals surface area (Å²) in [6, 6.07) is 4.06. The third kappa shape index (κ3) is 4.31. The summed E-state index contributed by atoms with van der Waals surface area (Å²) >= 11 is 12.0. The number of hydrogen-bond acceptors (Lipinski definition) is 6. The Balaban J connectivity index is 2.24. The highest BCUT2D eigenvalue weighted by Gasteiger charge is 2.32. The molecule has 1 aliphatic rings. The van der Waals surface area contributed by atoms with E-state index in [2.05, 4.69) is 0 Å². The number of nitro benzene ring substituents is 1. The fraction of sp³-hybridized carbons (Fsp3) is 0.214. The minimum Gasteiger partial charge on any atom is -0.481 e. The zero-order valence-electron chi connectivity index (χ0n) is 12.1. The highest BCUT2D eigenvalue weighted by Crippen LogP contribution is 2.35. The summed E-state index contributed by atoms with van der Waals surface area (Å²) in [7, 11) is 0. The van der Waals surface area contributed by atoms with Crippen LogP contribution in [0.5, 0.6) is 0 Å². The van der Waals surface area contributed by atoms with E-state index in [9.17, 15) is 19.7 Å². The van der Waals surface area contributed by atoms with Crippen LogP contribution in [0, 0.1) is 10.1 Å². The second kappa shape index (κ2) is 7.73. The van der Waals surface area contributed by atoms with Gasteiger partial charge in [0.15, 0.2) is 0 Å². The van der Waals surface area contributed by atoms with Crippen molar-refractivity contribution >= 4 is 63.5 Å². The molecule has 1 saturated heterocycles. The summed E-state index contributed by atoms with van der Waals surface area (Å²) in [6.45, 7) is 0.186. The highest BCUT2D eigenvalue weighted by molar-refractivity contribution is 8.26. The SMILES string of the molecule is O=C(O)CCCN1C(=O)C(=Cc2cc(Cl)ccc2[N+](=O)[O-])SC1=S. The second-order valence-corrected chi connectivity index (χ2v) is 6.90. The van der Waals surface area contributed by atoms with Crippen LogP contribution in [0.25, 0.3) is 6.08 Å². The molecule has 1 amide bonds. The lowest BCUT2D eigenvalue weighted by molar-refractivity contribution is -0.385. The maximum Gasteiger partial charge on any atom is 0.303 e. The lowest BCUT2D eigenvalue weighted by atomic mass is 10.1. The molecule has 0 saturated carbocycles. The Morgan fingerprint density at radius 3 is 2.83 bits per heavy atom. The molecule has 1 N–H and O–H groups in total. The number of hydrogen-bond donors (Lipinski definition) is 1. The predicted molar refractivity (Wildman–Crippen MR) is 94.9 cm³/mol. The quantitative estimate of drug-likeness (QED) is 0.346. The van der Waals surface area contributed by atoms with Crippen LogP contribution in [0.3, 0.4) is 0 Å². The van der Waals surface area contributed by atoms with Crippen LogP contribution in [0.15, 0.2) is 23.1 Å². The van der Waals surface area contributed by atoms with E-state index in [1.165, 1.54) is 29.2 Å². The Kier molecular flexibility index (Phi) is 5.92. The normalized spacial score (nSPS) is 16.0. The molecular formula is C14H11ClN2O5S2. The highest BCUT2D eigenvalue weighted by atomic mass is 35.5. The van der Waals surface area contributed by atoms with E-state index < -0.39 is 16.8 Å². The summed E-state index contributed by atoms with van der Waals surface area (Å²) in [5.41, 5.74) is 0.0362. The Bertz CT molecular complexity index is 766. The number of thioether (sulfide) groups is 1. The lowest BCUT2D eigenvalue weighted by Crippen LogP contribution is -2.29. The molecule has 0 unspecified atom stereocenters. The summed E-state index contributed by atoms with van der Waals surface area (Å²) in [4.78, 5) is 35.0. The first-order valence-corrected chi connectivity index (χ1v) is 8.31. The van der Waals surface area contributed by atoms with Crippen LogP contribution in [0.1, 0.15) is 18.4 Å². The Morgan fingerprint density at radius 1 is 1.50 bits per heavy atom. The number of carboxylic acids is 1. The third-order valence-corrected chi connectivity index (χ3v) is 4.73. The number of halogens is 1. The van der Waals surface area contributed by atoms with Crippen LogP contribution in [0.2, 0.25) is 5.02 Å². The fourth-order valence-electron chi connectivity index (χ4n) is 2.03. The fourth-order valence-corrected chi connectivity index (χ4v) is 3.51. The van der Waals surface area contributed by atoms with E-state index in [1.807, 2.05) is 0 Å². The zero-order valence-corrected chi connectivity index (χ0v) is 14.5. The van der Waals surface area contributed by atoms with E-state index in [0.29, 0.717) is 9.34 Å². The van der Waals surface area contributed by atoms with Crippen LogP contribution in [-0.4, -0.2) is 37.7 Å². The molecule has 1 heterocycles. The van der Waals surface area contributed by atoms with Gasteiger partial charge in [0.2, 0.25) is 0 Å². The molecule has 0 aromatic heterocycles. The number of nitrogens with zero attached hydrogens (tertiary/aromatic N) is 2. The molecule has 10 heteroatoms. The minimum atomic E-state index is -0.953. The molecule has 126 valence electrons. The first kappa shape index (κ1) is 18.4. The van der Waals surface area contributed by atoms with Crippen LogP contribution >= 0.6 is 35.6 Å². The zero-order chi connectivity index (χ0) is 17.9. The van der Waals surface area contributed by atoms with Crippen molar-refractivity contribution in [2.75, 3.05) is 6.54 Å². The van der Waals surface area contributed by atoms with Crippen molar-refractivity contribution in [2.24, 2.45) is 0 Å². The number of thiocarbonyl (C=S) groups is 1. The Labute approximate surface area is 151 Å². The van der Waals surface area contributed by atoms with Crippen molar-refractivity contribution in [3.8, 4) is 0 Å². The van der Waals surface area contributed by atoms with Gasteiger partial charge in [-0.1, -0.05) is 35.6 Å². The molecular weight excluding hydrogens is 376 g/mol. The number of benzene rings is 1. The van der Waals surface area contributed by atoms with E-state index in [1.54, 1.807) is 0 Å². The topological polar surface area (TPSA) is 101 Å². The van der Waals surface area contributed by atoms with Crippen molar-refractivity contribution in [1.29, 1.82) is 0 Å². The van der Waals surface area contributed by atoms with Gasteiger partial charge in [-0.2, -0.15) is 0 Å². The number of amides is 1. The van der Waals surface area contributed by atoms with Gasteiger partial charge in [-0.3, -0.25) is 24.6 Å². The summed E-state index contributed by atoms with van der Waals surface area (Å²) in [5, 5.41) is 20.0. The first-order valence-electron chi connectivity index (χ1n) is 6.70. The van der Waals surface area contributed by atoms with E-state index in [0.717, 1.165) is 11.8 Å². The van der Waals surface area contributed by atoms with Gasteiger partial charge in [0, 0.05) is 24.1 Å². The molecule has 0 spiro atoms. The van der Waals surface area contributed by atoms with Gasteiger partial charge in [-0.15, -0.1) is 0 Å². The van der Waals surface area contributed by atoms with E-state index in [4.69, 9.17) is 28.9 Å². The summed E-state index contributed by atoms with van der Waals surface area (Å²) in [5.74, 6) is -1.35. The van der Waals surface area contributed by atoms with Crippen LogP contribution < -0.4 is 0 Å². The van der Waals surface area contributed by atoms with Gasteiger partial charge in [0.25, 0.3) is 11.6 Å². The average Bonchev–Trinajstić information content (AvgIpc) is 2.74. The number of rotatable bonds is 6. The maximum absolute atomic E-state index is 12.4. The molecule has 0 radical (unpaired) electrons. The summed E-state index contributed by atoms with van der Waals surface area (Å²) in [6.07, 6.45) is 1.57. The van der Waals surface area contributed by atoms with Gasteiger partial charge in [0.1, 0.15) is 4.32 Å². The molecule has 0 atom stereocenters. The largest absolute Gasteiger partial charge is 0.481 e. The van der Waals surface area contributed by atoms with Crippen LogP contribution in [0.4, 0.5) is 5.69 Å². The van der Waals surface area contributed by atoms with Crippen molar-refractivity contribution in [3.05, 3.63) is 43.8 Å². The molecule has 2 rings (SSSR count). The first-order chi connectivity index (χ1) is 11.3. The van der Waals surface area contributed by atoms with Gasteiger partial charge in [-0.05, 0) is 24.6 Å². The van der Waals surface area contributed by atoms with Gasteiger partial charge < -0.3 is 5.11 Å². The summed E-state index contributed by atoms with van der Waals surface area (Å²) < 4.78 is 0.293. The molecule has 1 fully saturated rings. The Hall–Kier alpha value is -1.97. The van der Waals surface area contributed by atoms with Gasteiger partial charge in [-0.25, -0.2) is 0 Å². The van der Waals surface area contributed by atoms with Gasteiger partial charge in [0.05, 0.1) is 15.4 Å². The Morgan fingerprint density at radius 2 is 2.21 bits per heavy atom. The van der Waals surface area contributed by atoms with E-state index >= 15 is 0 Å². The second-order valence-electron chi connectivity index (χ2n) is 4.79. The molecule has 1 aromatic carbocycles. The monoisotopic (exact) mass is 386 g/mol. The van der Waals surface area contributed by atoms with Crippen LogP contribution in [-0.2, 0) is 9.59 Å². The molecule has 0 aliphatic carbocycles. The minimum absolute atomic E-state index is 0.0735. The number of aliphatic carboxylic acids is 1. The number of carboxylic acid groups (broad SMARTS) is 1. The number of nitro groups is 1. The average molecular weight is 387 g/mol. The van der Waals surface area contributed by atoms with Crippen molar-refractivity contribution < 1.29 is 19.6 Å². The smallest absolute Gasteiger partial charge is 0.303 e. The standard InChI is InChI=1S/C14H11ClN2O5S2/c15-9-3-4-10(17(21)22)8(6-9)7-11-13(20)16(14(23)24-11)5-1-2-12(18)19/h3-4,6-7H,1-2,5H2,(H,18,19). The molecule has 1 aromatic rings. The number of carbonyl (C=O) groups excluding carboxylic acids is 1. The van der Waals surface area contributed by atoms with Crippen molar-refractivity contribution in [3.63, 3.8) is 0 Å². The van der Waals surface area contributed by atoms with Gasteiger partial charge >= 0.3 is 5.97 Å². The lowest BCUT2D eigenvalue weighted by Gasteiger charge is -2.13. The third-order valence-electron chi connectivity index (χ3n) is 3.12. The molecule has 1 aliphatic heterocycles. The molecule has 0 bridgehead atoms.